The molecule has 2 fully saturated rings. The fourth-order valence-electron chi connectivity index (χ4n) is 4.81. The van der Waals surface area contributed by atoms with E-state index < -0.39 is 5.41 Å². The normalized spacial score (nSPS) is 24.2. The zero-order chi connectivity index (χ0) is 20.5. The molecule has 2 bridgehead atoms. The van der Waals surface area contributed by atoms with E-state index in [1.807, 2.05) is 38.2 Å². The lowest BCUT2D eigenvalue weighted by molar-refractivity contribution is -0.119. The Labute approximate surface area is 173 Å². The number of hydrogen-bond acceptors (Lipinski definition) is 7. The lowest BCUT2D eigenvalue weighted by Gasteiger charge is -2.35. The van der Waals surface area contributed by atoms with E-state index >= 15 is 0 Å². The summed E-state index contributed by atoms with van der Waals surface area (Å²) in [5, 5.41) is 10.8. The van der Waals surface area contributed by atoms with Crippen molar-refractivity contribution >= 4 is 34.7 Å². The third-order valence-corrected chi connectivity index (χ3v) is 6.49. The maximum atomic E-state index is 12.2. The zero-order valence-corrected chi connectivity index (χ0v) is 16.9. The number of benzene rings is 1. The summed E-state index contributed by atoms with van der Waals surface area (Å²) in [5.41, 5.74) is 2.85. The highest BCUT2D eigenvalue weighted by Gasteiger charge is 2.40. The van der Waals surface area contributed by atoms with E-state index in [1.54, 1.807) is 10.7 Å². The van der Waals surface area contributed by atoms with Crippen molar-refractivity contribution in [2.75, 3.05) is 28.7 Å². The summed E-state index contributed by atoms with van der Waals surface area (Å²) in [4.78, 5) is 23.9. The number of morpholine rings is 1. The van der Waals surface area contributed by atoms with Crippen LogP contribution in [-0.4, -0.2) is 50.8 Å². The molecule has 2 saturated heterocycles. The number of amides is 1. The van der Waals surface area contributed by atoms with E-state index in [-0.39, 0.29) is 5.91 Å². The molecule has 2 unspecified atom stereocenters. The summed E-state index contributed by atoms with van der Waals surface area (Å²) in [6, 6.07) is 6.55. The number of nitrogens with zero attached hydrogens (tertiary/aromatic N) is 5. The number of aromatic nitrogens is 4. The first-order valence-electron chi connectivity index (χ1n) is 10.3. The van der Waals surface area contributed by atoms with Crippen molar-refractivity contribution in [2.45, 2.75) is 44.2 Å². The molecule has 1 aromatic carbocycles. The van der Waals surface area contributed by atoms with E-state index in [0.29, 0.717) is 18.0 Å². The molecule has 154 valence electrons. The molecule has 2 atom stereocenters. The van der Waals surface area contributed by atoms with Crippen LogP contribution in [0.1, 0.15) is 32.3 Å². The summed E-state index contributed by atoms with van der Waals surface area (Å²) >= 11 is 0. The van der Waals surface area contributed by atoms with Gasteiger partial charge in [0.15, 0.2) is 11.5 Å². The molecule has 0 aliphatic carbocycles. The van der Waals surface area contributed by atoms with Gasteiger partial charge in [-0.1, -0.05) is 6.07 Å². The van der Waals surface area contributed by atoms with Crippen molar-refractivity contribution in [1.82, 2.24) is 19.6 Å². The minimum absolute atomic E-state index is 0.0105. The molecule has 0 spiro atoms. The molecule has 3 aliphatic rings. The number of rotatable bonds is 3. The Morgan fingerprint density at radius 2 is 2.03 bits per heavy atom. The predicted molar refractivity (Wildman–Crippen MR) is 112 cm³/mol. The van der Waals surface area contributed by atoms with E-state index in [9.17, 15) is 4.79 Å². The van der Waals surface area contributed by atoms with Gasteiger partial charge >= 0.3 is 0 Å². The summed E-state index contributed by atoms with van der Waals surface area (Å²) in [5.74, 6) is 1.36. The van der Waals surface area contributed by atoms with Crippen LogP contribution in [-0.2, 0) is 14.9 Å². The number of nitrogens with one attached hydrogen (secondary N) is 2. The molecule has 0 radical (unpaired) electrons. The van der Waals surface area contributed by atoms with Crippen LogP contribution in [0, 0.1) is 0 Å². The van der Waals surface area contributed by atoms with Crippen molar-refractivity contribution in [3.8, 4) is 0 Å². The number of hydrogen-bond donors (Lipinski definition) is 2. The summed E-state index contributed by atoms with van der Waals surface area (Å²) in [6.45, 7) is 5.32. The van der Waals surface area contributed by atoms with Crippen molar-refractivity contribution in [3.63, 3.8) is 0 Å². The third-order valence-electron chi connectivity index (χ3n) is 6.49. The number of ether oxygens (including phenoxy) is 1. The Bertz CT molecular complexity index is 1160. The molecule has 3 aliphatic heterocycles. The highest BCUT2D eigenvalue weighted by Crippen LogP contribution is 2.39. The van der Waals surface area contributed by atoms with Gasteiger partial charge in [0.25, 0.3) is 0 Å². The maximum Gasteiger partial charge on any atom is 0.247 e. The Hall–Kier alpha value is -3.20. The smallest absolute Gasteiger partial charge is 0.247 e. The van der Waals surface area contributed by atoms with E-state index in [0.717, 1.165) is 54.5 Å². The van der Waals surface area contributed by atoms with Crippen LogP contribution in [0.3, 0.4) is 0 Å². The molecule has 30 heavy (non-hydrogen) atoms. The second kappa shape index (κ2) is 6.15. The lowest BCUT2D eigenvalue weighted by atomic mass is 9.86. The molecule has 9 heteroatoms. The van der Waals surface area contributed by atoms with Crippen molar-refractivity contribution in [3.05, 3.63) is 36.2 Å². The summed E-state index contributed by atoms with van der Waals surface area (Å²) in [7, 11) is 0. The summed E-state index contributed by atoms with van der Waals surface area (Å²) < 4.78 is 7.47. The largest absolute Gasteiger partial charge is 0.377 e. The highest BCUT2D eigenvalue weighted by atomic mass is 16.5. The molecule has 9 nitrogen and oxygen atoms in total. The van der Waals surface area contributed by atoms with Gasteiger partial charge < -0.3 is 20.3 Å². The summed E-state index contributed by atoms with van der Waals surface area (Å²) in [6.07, 6.45) is 5.81. The fraction of sp³-hybridized carbons (Fsp3) is 0.429. The van der Waals surface area contributed by atoms with Crippen LogP contribution in [0.15, 0.2) is 30.6 Å². The van der Waals surface area contributed by atoms with Gasteiger partial charge in [0.2, 0.25) is 11.9 Å². The lowest BCUT2D eigenvalue weighted by Crippen LogP contribution is -2.46. The Morgan fingerprint density at radius 1 is 1.23 bits per heavy atom. The Kier molecular flexibility index (Phi) is 3.62. The Balaban J connectivity index is 1.33. The van der Waals surface area contributed by atoms with Crippen LogP contribution in [0.2, 0.25) is 0 Å². The molecule has 1 amide bonds. The van der Waals surface area contributed by atoms with E-state index in [4.69, 9.17) is 9.72 Å². The van der Waals surface area contributed by atoms with Crippen LogP contribution < -0.4 is 15.5 Å². The van der Waals surface area contributed by atoms with E-state index in [1.165, 1.54) is 0 Å². The predicted octanol–water partition coefficient (Wildman–Crippen LogP) is 2.47. The van der Waals surface area contributed by atoms with Gasteiger partial charge in [-0.25, -0.2) is 9.50 Å². The van der Waals surface area contributed by atoms with Gasteiger partial charge in [-0.15, -0.1) is 5.10 Å². The molecule has 5 heterocycles. The first-order valence-corrected chi connectivity index (χ1v) is 10.3. The van der Waals surface area contributed by atoms with Gasteiger partial charge in [0.1, 0.15) is 0 Å². The van der Waals surface area contributed by atoms with Crippen molar-refractivity contribution < 1.29 is 9.53 Å². The van der Waals surface area contributed by atoms with Gasteiger partial charge in [0, 0.05) is 23.8 Å². The second-order valence-electron chi connectivity index (χ2n) is 8.75. The number of anilines is 4. The molecule has 2 N–H and O–H groups in total. The topological polar surface area (TPSA) is 96.7 Å². The average molecular weight is 405 g/mol. The second-order valence-corrected chi connectivity index (χ2v) is 8.75. The quantitative estimate of drug-likeness (QED) is 0.691. The van der Waals surface area contributed by atoms with Crippen LogP contribution in [0.4, 0.5) is 23.1 Å². The van der Waals surface area contributed by atoms with Gasteiger partial charge in [-0.2, -0.15) is 4.98 Å². The highest BCUT2D eigenvalue weighted by molar-refractivity contribution is 6.06. The number of fused-ring (bicyclic) bond motifs is 4. The minimum Gasteiger partial charge on any atom is -0.377 e. The Morgan fingerprint density at radius 3 is 2.83 bits per heavy atom. The van der Waals surface area contributed by atoms with E-state index in [2.05, 4.69) is 25.6 Å². The zero-order valence-electron chi connectivity index (χ0n) is 16.9. The minimum atomic E-state index is -0.521. The van der Waals surface area contributed by atoms with Gasteiger partial charge in [0.05, 0.1) is 30.7 Å². The van der Waals surface area contributed by atoms with Gasteiger partial charge in [-0.3, -0.25) is 4.79 Å². The first kappa shape index (κ1) is 17.6. The van der Waals surface area contributed by atoms with Crippen LogP contribution in [0.5, 0.6) is 0 Å². The first-order chi connectivity index (χ1) is 14.5. The fourth-order valence-corrected chi connectivity index (χ4v) is 4.81. The standard InChI is InChI=1S/C21H23N7O2/c1-21(2)15-6-3-12(9-16(15)24-19(21)29)23-20-25-18-17(22-7-8-27(18)26-20)28-13-4-5-14(28)11-30-10-13/h3,6-9,13-14H,4-5,10-11H2,1-2H3,(H,23,26)(H,24,29). The third kappa shape index (κ3) is 2.51. The molecular weight excluding hydrogens is 382 g/mol. The van der Waals surface area contributed by atoms with Crippen LogP contribution >= 0.6 is 0 Å². The van der Waals surface area contributed by atoms with Crippen molar-refractivity contribution in [1.29, 1.82) is 0 Å². The SMILES string of the molecule is CC1(C)C(=O)Nc2cc(Nc3nc4c(N5C6CCC5COC6)nccn4n3)ccc21. The van der Waals surface area contributed by atoms with Crippen LogP contribution in [0.25, 0.3) is 5.65 Å². The van der Waals surface area contributed by atoms with Gasteiger partial charge in [-0.05, 0) is 44.4 Å². The average Bonchev–Trinajstić information content (AvgIpc) is 3.31. The molecule has 3 aromatic rings. The number of carbonyl (C=O) groups is 1. The number of carbonyl (C=O) groups excluding carboxylic acids is 1. The molecular formula is C21H23N7O2. The molecule has 6 rings (SSSR count). The monoisotopic (exact) mass is 405 g/mol. The maximum absolute atomic E-state index is 12.2. The molecule has 0 saturated carbocycles. The van der Waals surface area contributed by atoms with Crippen molar-refractivity contribution in [2.24, 2.45) is 0 Å². The molecule has 2 aromatic heterocycles.